The molecule has 102 valence electrons. The third-order valence-corrected chi connectivity index (χ3v) is 2.99. The second kappa shape index (κ2) is 5.84. The average Bonchev–Trinajstić information content (AvgIpc) is 2.74. The summed E-state index contributed by atoms with van der Waals surface area (Å²) in [7, 11) is 3.82. The highest BCUT2D eigenvalue weighted by molar-refractivity contribution is 5.49. The first-order valence-corrected chi connectivity index (χ1v) is 6.26. The number of hydrogen-bond donors (Lipinski definition) is 1. The van der Waals surface area contributed by atoms with Gasteiger partial charge in [0.1, 0.15) is 5.82 Å². The number of anilines is 1. The van der Waals surface area contributed by atoms with E-state index < -0.39 is 0 Å². The van der Waals surface area contributed by atoms with E-state index >= 15 is 0 Å². The number of halogens is 1. The van der Waals surface area contributed by atoms with Crippen LogP contribution < -0.4 is 10.6 Å². The summed E-state index contributed by atoms with van der Waals surface area (Å²) in [5.74, 6) is -0.223. The Morgan fingerprint density at radius 2 is 2.11 bits per heavy atom. The molecule has 0 saturated carbocycles. The minimum absolute atomic E-state index is 0.223. The van der Waals surface area contributed by atoms with Crippen LogP contribution in [-0.2, 0) is 20.0 Å². The topological polar surface area (TPSA) is 47.1 Å². The third kappa shape index (κ3) is 3.54. The summed E-state index contributed by atoms with van der Waals surface area (Å²) in [6, 6.07) is 5.05. The molecule has 1 aromatic heterocycles. The van der Waals surface area contributed by atoms with Crippen LogP contribution in [0.25, 0.3) is 0 Å². The average molecular weight is 262 g/mol. The molecule has 0 atom stereocenters. The van der Waals surface area contributed by atoms with Gasteiger partial charge in [0.05, 0.1) is 6.20 Å². The van der Waals surface area contributed by atoms with E-state index in [0.29, 0.717) is 19.5 Å². The van der Waals surface area contributed by atoms with Gasteiger partial charge >= 0.3 is 0 Å². The monoisotopic (exact) mass is 262 g/mol. The number of benzene rings is 1. The van der Waals surface area contributed by atoms with Crippen molar-refractivity contribution in [2.45, 2.75) is 13.0 Å². The maximum absolute atomic E-state index is 13.6. The van der Waals surface area contributed by atoms with Crippen molar-refractivity contribution in [3.8, 4) is 0 Å². The predicted octanol–water partition coefficient (Wildman–Crippen LogP) is 1.70. The summed E-state index contributed by atoms with van der Waals surface area (Å²) < 4.78 is 15.3. The Hall–Kier alpha value is -1.88. The molecule has 0 saturated heterocycles. The molecule has 0 radical (unpaired) electrons. The van der Waals surface area contributed by atoms with Crippen LogP contribution in [0, 0.1) is 5.82 Å². The zero-order valence-electron chi connectivity index (χ0n) is 11.3. The van der Waals surface area contributed by atoms with Gasteiger partial charge in [0.2, 0.25) is 0 Å². The Morgan fingerprint density at radius 1 is 1.32 bits per heavy atom. The molecule has 0 aliphatic rings. The summed E-state index contributed by atoms with van der Waals surface area (Å²) in [5.41, 5.74) is 8.39. The van der Waals surface area contributed by atoms with Crippen molar-refractivity contribution >= 4 is 5.69 Å². The lowest BCUT2D eigenvalue weighted by atomic mass is 10.1. The zero-order chi connectivity index (χ0) is 13.8. The molecule has 2 aromatic rings. The quantitative estimate of drug-likeness (QED) is 0.892. The number of hydrogen-bond acceptors (Lipinski definition) is 3. The van der Waals surface area contributed by atoms with Crippen LogP contribution in [0.2, 0.25) is 0 Å². The number of nitrogens with zero attached hydrogens (tertiary/aromatic N) is 3. The fourth-order valence-electron chi connectivity index (χ4n) is 2.08. The van der Waals surface area contributed by atoms with Crippen LogP contribution in [0.4, 0.5) is 10.1 Å². The first-order valence-electron chi connectivity index (χ1n) is 6.26. The van der Waals surface area contributed by atoms with Crippen molar-refractivity contribution in [1.82, 2.24) is 9.78 Å². The Balaban J connectivity index is 2.15. The molecular formula is C14H19FN4. The SMILES string of the molecule is CN(Cc1cnn(C)c1)c1cc(F)cc(CCN)c1. The standard InChI is InChI=1S/C14H19FN4/c1-18(9-12-8-17-19(2)10-12)14-6-11(3-4-16)5-13(15)7-14/h5-8,10H,3-4,9,16H2,1-2H3. The molecule has 0 spiro atoms. The summed E-state index contributed by atoms with van der Waals surface area (Å²) in [6.45, 7) is 1.22. The maximum Gasteiger partial charge on any atom is 0.125 e. The highest BCUT2D eigenvalue weighted by Gasteiger charge is 2.07. The van der Waals surface area contributed by atoms with Gasteiger partial charge in [0.15, 0.2) is 0 Å². The van der Waals surface area contributed by atoms with E-state index in [4.69, 9.17) is 5.73 Å². The van der Waals surface area contributed by atoms with E-state index in [9.17, 15) is 4.39 Å². The van der Waals surface area contributed by atoms with Crippen molar-refractivity contribution in [2.75, 3.05) is 18.5 Å². The summed E-state index contributed by atoms with van der Waals surface area (Å²) >= 11 is 0. The Kier molecular flexibility index (Phi) is 4.16. The van der Waals surface area contributed by atoms with E-state index in [2.05, 4.69) is 5.10 Å². The van der Waals surface area contributed by atoms with E-state index in [0.717, 1.165) is 16.8 Å². The fourth-order valence-corrected chi connectivity index (χ4v) is 2.08. The number of aromatic nitrogens is 2. The van der Waals surface area contributed by atoms with Crippen LogP contribution in [0.3, 0.4) is 0 Å². The van der Waals surface area contributed by atoms with Crippen molar-refractivity contribution in [3.05, 3.63) is 47.5 Å². The van der Waals surface area contributed by atoms with Crippen LogP contribution in [-0.4, -0.2) is 23.4 Å². The Morgan fingerprint density at radius 3 is 2.74 bits per heavy atom. The smallest absolute Gasteiger partial charge is 0.125 e. The minimum Gasteiger partial charge on any atom is -0.370 e. The molecule has 5 heteroatoms. The van der Waals surface area contributed by atoms with Crippen molar-refractivity contribution < 1.29 is 4.39 Å². The van der Waals surface area contributed by atoms with Gasteiger partial charge in [-0.3, -0.25) is 4.68 Å². The van der Waals surface area contributed by atoms with Gasteiger partial charge in [-0.25, -0.2) is 4.39 Å². The third-order valence-electron chi connectivity index (χ3n) is 2.99. The molecule has 19 heavy (non-hydrogen) atoms. The number of rotatable bonds is 5. The molecule has 2 rings (SSSR count). The molecule has 0 unspecified atom stereocenters. The predicted molar refractivity (Wildman–Crippen MR) is 74.5 cm³/mol. The molecule has 1 aromatic carbocycles. The maximum atomic E-state index is 13.6. The Bertz CT molecular complexity index is 550. The van der Waals surface area contributed by atoms with Gasteiger partial charge in [0.25, 0.3) is 0 Å². The Labute approximate surface area is 112 Å². The number of nitrogens with two attached hydrogens (primary N) is 1. The van der Waals surface area contributed by atoms with Crippen LogP contribution in [0.5, 0.6) is 0 Å². The highest BCUT2D eigenvalue weighted by Crippen LogP contribution is 2.19. The van der Waals surface area contributed by atoms with Gasteiger partial charge < -0.3 is 10.6 Å². The fraction of sp³-hybridized carbons (Fsp3) is 0.357. The van der Waals surface area contributed by atoms with Gasteiger partial charge in [-0.15, -0.1) is 0 Å². The van der Waals surface area contributed by atoms with Crippen molar-refractivity contribution in [1.29, 1.82) is 0 Å². The molecular weight excluding hydrogens is 243 g/mol. The van der Waals surface area contributed by atoms with Crippen molar-refractivity contribution in [2.24, 2.45) is 12.8 Å². The van der Waals surface area contributed by atoms with Crippen LogP contribution >= 0.6 is 0 Å². The second-order valence-electron chi connectivity index (χ2n) is 4.73. The first kappa shape index (κ1) is 13.5. The van der Waals surface area contributed by atoms with Gasteiger partial charge in [-0.05, 0) is 36.7 Å². The molecule has 0 aliphatic carbocycles. The molecule has 0 aliphatic heterocycles. The normalized spacial score (nSPS) is 10.7. The molecule has 0 amide bonds. The first-order chi connectivity index (χ1) is 9.08. The highest BCUT2D eigenvalue weighted by atomic mass is 19.1. The van der Waals surface area contributed by atoms with E-state index in [-0.39, 0.29) is 5.82 Å². The second-order valence-corrected chi connectivity index (χ2v) is 4.73. The molecule has 0 fully saturated rings. The lowest BCUT2D eigenvalue weighted by Crippen LogP contribution is -2.16. The lowest BCUT2D eigenvalue weighted by molar-refractivity contribution is 0.624. The minimum atomic E-state index is -0.223. The van der Waals surface area contributed by atoms with Gasteiger partial charge in [0, 0.05) is 38.1 Å². The molecule has 4 nitrogen and oxygen atoms in total. The van der Waals surface area contributed by atoms with Crippen LogP contribution in [0.15, 0.2) is 30.6 Å². The molecule has 2 N–H and O–H groups in total. The van der Waals surface area contributed by atoms with Gasteiger partial charge in [-0.1, -0.05) is 0 Å². The summed E-state index contributed by atoms with van der Waals surface area (Å²) in [5, 5.41) is 4.13. The van der Waals surface area contributed by atoms with Crippen LogP contribution in [0.1, 0.15) is 11.1 Å². The van der Waals surface area contributed by atoms with E-state index in [1.54, 1.807) is 4.68 Å². The summed E-state index contributed by atoms with van der Waals surface area (Å²) in [4.78, 5) is 2.00. The summed E-state index contributed by atoms with van der Waals surface area (Å²) in [6.07, 6.45) is 4.46. The molecule has 0 bridgehead atoms. The van der Waals surface area contributed by atoms with E-state index in [1.165, 1.54) is 12.1 Å². The van der Waals surface area contributed by atoms with E-state index in [1.807, 2.05) is 37.5 Å². The number of aryl methyl sites for hydroxylation is 1. The largest absolute Gasteiger partial charge is 0.370 e. The van der Waals surface area contributed by atoms with Gasteiger partial charge in [-0.2, -0.15) is 5.10 Å². The van der Waals surface area contributed by atoms with Crippen molar-refractivity contribution in [3.63, 3.8) is 0 Å². The lowest BCUT2D eigenvalue weighted by Gasteiger charge is -2.19. The molecule has 1 heterocycles. The zero-order valence-corrected chi connectivity index (χ0v) is 11.3.